The molecule has 0 radical (unpaired) electrons. The summed E-state index contributed by atoms with van der Waals surface area (Å²) in [6.45, 7) is 4.58. The Balaban J connectivity index is 1.40. The van der Waals surface area contributed by atoms with Crippen LogP contribution in [0.5, 0.6) is 0 Å². The first-order valence-electron chi connectivity index (χ1n) is 8.91. The van der Waals surface area contributed by atoms with E-state index in [-0.39, 0.29) is 11.9 Å². The van der Waals surface area contributed by atoms with E-state index in [0.29, 0.717) is 17.9 Å². The quantitative estimate of drug-likeness (QED) is 0.761. The summed E-state index contributed by atoms with van der Waals surface area (Å²) in [5.41, 5.74) is 1.58. The van der Waals surface area contributed by atoms with Crippen LogP contribution in [0, 0.1) is 18.7 Å². The Hall–Kier alpha value is -2.42. The van der Waals surface area contributed by atoms with Crippen LogP contribution in [0.2, 0.25) is 0 Å². The van der Waals surface area contributed by atoms with Gasteiger partial charge < -0.3 is 20.6 Å². The van der Waals surface area contributed by atoms with Crippen molar-refractivity contribution in [3.63, 3.8) is 0 Å². The lowest BCUT2D eigenvalue weighted by Crippen LogP contribution is -2.48. The van der Waals surface area contributed by atoms with Crippen LogP contribution < -0.4 is 15.5 Å². The largest absolute Gasteiger partial charge is 0.372 e. The van der Waals surface area contributed by atoms with E-state index >= 15 is 0 Å². The Morgan fingerprint density at radius 1 is 1.38 bits per heavy atom. The van der Waals surface area contributed by atoms with Gasteiger partial charge in [0.25, 0.3) is 0 Å². The van der Waals surface area contributed by atoms with Gasteiger partial charge in [0.1, 0.15) is 11.9 Å². The molecule has 2 aromatic rings. The lowest BCUT2D eigenvalue weighted by molar-refractivity contribution is 0.172. The monoisotopic (exact) mass is 361 g/mol. The molecule has 0 bridgehead atoms. The molecular weight excluding hydrogens is 337 g/mol. The van der Waals surface area contributed by atoms with Crippen molar-refractivity contribution >= 4 is 17.5 Å². The van der Waals surface area contributed by atoms with Gasteiger partial charge in [0, 0.05) is 19.6 Å². The van der Waals surface area contributed by atoms with Gasteiger partial charge in [-0.2, -0.15) is 10.1 Å². The van der Waals surface area contributed by atoms with Crippen molar-refractivity contribution in [1.82, 2.24) is 19.7 Å². The fourth-order valence-electron chi connectivity index (χ4n) is 3.61. The number of aryl methyl sites for hydroxylation is 1. The van der Waals surface area contributed by atoms with Crippen molar-refractivity contribution in [3.05, 3.63) is 23.9 Å². The van der Waals surface area contributed by atoms with E-state index in [1.165, 1.54) is 12.4 Å². The van der Waals surface area contributed by atoms with Crippen molar-refractivity contribution < 1.29 is 9.50 Å². The second-order valence-electron chi connectivity index (χ2n) is 7.33. The maximum Gasteiger partial charge on any atom is 0.225 e. The number of likely N-dealkylation sites (N-methyl/N-ethyl adjacent to an activating group) is 1. The number of nitrogens with one attached hydrogen (secondary N) is 2. The molecule has 1 unspecified atom stereocenters. The third-order valence-corrected chi connectivity index (χ3v) is 5.38. The minimum Gasteiger partial charge on any atom is -0.372 e. The van der Waals surface area contributed by atoms with Gasteiger partial charge in [0.15, 0.2) is 11.6 Å². The highest BCUT2D eigenvalue weighted by atomic mass is 19.1. The van der Waals surface area contributed by atoms with E-state index in [0.717, 1.165) is 36.6 Å². The third kappa shape index (κ3) is 3.07. The molecule has 3 heterocycles. The number of nitrogens with zero attached hydrogens (tertiary/aromatic N) is 5. The third-order valence-electron chi connectivity index (χ3n) is 5.38. The Bertz CT molecular complexity index is 804. The average Bonchev–Trinajstić information content (AvgIpc) is 2.97. The van der Waals surface area contributed by atoms with Crippen molar-refractivity contribution in [3.8, 4) is 0 Å². The lowest BCUT2D eigenvalue weighted by atomic mass is 9.80. The molecule has 8 nitrogen and oxygen atoms in total. The van der Waals surface area contributed by atoms with Crippen LogP contribution in [0.25, 0.3) is 0 Å². The van der Waals surface area contributed by atoms with Crippen LogP contribution in [-0.2, 0) is 6.54 Å². The van der Waals surface area contributed by atoms with Gasteiger partial charge in [-0.1, -0.05) is 0 Å². The number of hydrogen-bond acceptors (Lipinski definition) is 7. The molecule has 140 valence electrons. The first kappa shape index (κ1) is 17.0. The highest BCUT2D eigenvalue weighted by Crippen LogP contribution is 2.35. The van der Waals surface area contributed by atoms with E-state index in [4.69, 9.17) is 0 Å². The number of aromatic nitrogens is 4. The summed E-state index contributed by atoms with van der Waals surface area (Å²) in [4.78, 5) is 11.1. The number of halogens is 1. The molecule has 26 heavy (non-hydrogen) atoms. The van der Waals surface area contributed by atoms with Crippen LogP contribution >= 0.6 is 0 Å². The number of fused-ring (bicyclic) bond motifs is 1. The average molecular weight is 361 g/mol. The predicted octanol–water partition coefficient (Wildman–Crippen LogP) is 1.58. The molecule has 0 spiro atoms. The van der Waals surface area contributed by atoms with E-state index in [1.54, 1.807) is 4.68 Å². The molecule has 1 fully saturated rings. The summed E-state index contributed by atoms with van der Waals surface area (Å²) in [6, 6.07) is 0.231. The number of hydrogen-bond donors (Lipinski definition) is 3. The number of rotatable bonds is 4. The zero-order chi connectivity index (χ0) is 18.4. The first-order valence-corrected chi connectivity index (χ1v) is 8.91. The predicted molar refractivity (Wildman–Crippen MR) is 96.6 cm³/mol. The molecule has 9 heteroatoms. The van der Waals surface area contributed by atoms with Gasteiger partial charge >= 0.3 is 0 Å². The fourth-order valence-corrected chi connectivity index (χ4v) is 3.61. The van der Waals surface area contributed by atoms with E-state index in [2.05, 4.69) is 25.7 Å². The molecule has 2 aliphatic rings. The molecule has 2 aromatic heterocycles. The van der Waals surface area contributed by atoms with Gasteiger partial charge in [-0.3, -0.25) is 4.68 Å². The zero-order valence-corrected chi connectivity index (χ0v) is 15.1. The summed E-state index contributed by atoms with van der Waals surface area (Å²) in [6.07, 6.45) is 3.97. The van der Waals surface area contributed by atoms with Crippen LogP contribution in [0.15, 0.2) is 12.4 Å². The molecule has 0 saturated heterocycles. The van der Waals surface area contributed by atoms with Gasteiger partial charge in [-0.15, -0.1) is 0 Å². The smallest absolute Gasteiger partial charge is 0.225 e. The molecule has 1 aliphatic heterocycles. The maximum absolute atomic E-state index is 13.0. The summed E-state index contributed by atoms with van der Waals surface area (Å²) in [5, 5.41) is 20.5. The fraction of sp³-hybridized carbons (Fsp3) is 0.588. The Kier molecular flexibility index (Phi) is 4.18. The van der Waals surface area contributed by atoms with Gasteiger partial charge in [-0.05, 0) is 32.6 Å². The normalized spacial score (nSPS) is 27.5. The first-order chi connectivity index (χ1) is 12.4. The Morgan fingerprint density at radius 2 is 2.15 bits per heavy atom. The highest BCUT2D eigenvalue weighted by molar-refractivity contribution is 5.72. The SMILES string of the molecule is Cc1nc(NC2CC(Cn3cc(F)cn3)C2)nc2c1NC(O)[C@H](C)N2C. The Labute approximate surface area is 151 Å². The van der Waals surface area contributed by atoms with Crippen LogP contribution in [-0.4, -0.2) is 50.2 Å². The van der Waals surface area contributed by atoms with Crippen molar-refractivity contribution in [2.45, 2.75) is 51.5 Å². The molecule has 2 atom stereocenters. The standard InChI is InChI=1S/C17H24FN7O/c1-9-14-15(24(3)10(2)16(26)22-14)23-17(20-9)21-13-4-11(5-13)7-25-8-12(18)6-19-25/h6,8,10-11,13,16,22,26H,4-5,7H2,1-3H3,(H,20,21,23)/t10-,11?,13?,16?/m0/s1. The molecule has 0 aromatic carbocycles. The minimum atomic E-state index is -0.645. The summed E-state index contributed by atoms with van der Waals surface area (Å²) in [7, 11) is 1.92. The van der Waals surface area contributed by atoms with E-state index < -0.39 is 6.23 Å². The highest BCUT2D eigenvalue weighted by Gasteiger charge is 2.33. The van der Waals surface area contributed by atoms with Gasteiger partial charge in [-0.25, -0.2) is 9.37 Å². The molecule has 1 aliphatic carbocycles. The summed E-state index contributed by atoms with van der Waals surface area (Å²) >= 11 is 0. The molecular formula is C17H24FN7O. The van der Waals surface area contributed by atoms with Crippen LogP contribution in [0.4, 0.5) is 21.8 Å². The minimum absolute atomic E-state index is 0.0767. The van der Waals surface area contributed by atoms with Gasteiger partial charge in [0.05, 0.1) is 24.1 Å². The van der Waals surface area contributed by atoms with Crippen LogP contribution in [0.1, 0.15) is 25.5 Å². The molecule has 1 saturated carbocycles. The molecule has 3 N–H and O–H groups in total. The van der Waals surface area contributed by atoms with Crippen molar-refractivity contribution in [1.29, 1.82) is 0 Å². The van der Waals surface area contributed by atoms with E-state index in [9.17, 15) is 9.50 Å². The lowest BCUT2D eigenvalue weighted by Gasteiger charge is -2.39. The van der Waals surface area contributed by atoms with Crippen molar-refractivity contribution in [2.24, 2.45) is 5.92 Å². The number of anilines is 3. The van der Waals surface area contributed by atoms with Crippen LogP contribution in [0.3, 0.4) is 0 Å². The van der Waals surface area contributed by atoms with Gasteiger partial charge in [0.2, 0.25) is 5.95 Å². The second kappa shape index (κ2) is 6.39. The summed E-state index contributed by atoms with van der Waals surface area (Å²) < 4.78 is 14.6. The van der Waals surface area contributed by atoms with E-state index in [1.807, 2.05) is 25.8 Å². The topological polar surface area (TPSA) is 91.1 Å². The maximum atomic E-state index is 13.0. The number of aliphatic hydroxyl groups is 1. The molecule has 4 rings (SSSR count). The second-order valence-corrected chi connectivity index (χ2v) is 7.33. The summed E-state index contributed by atoms with van der Waals surface area (Å²) in [5.74, 6) is 1.58. The Morgan fingerprint density at radius 3 is 2.85 bits per heavy atom. The zero-order valence-electron chi connectivity index (χ0n) is 15.1. The number of aliphatic hydroxyl groups excluding tert-OH is 1. The molecule has 0 amide bonds. The van der Waals surface area contributed by atoms with Crippen molar-refractivity contribution in [2.75, 3.05) is 22.6 Å².